The maximum absolute atomic E-state index is 13.4. The van der Waals surface area contributed by atoms with Gasteiger partial charge >= 0.3 is 0 Å². The minimum Gasteiger partial charge on any atom is -0.317 e. The van der Waals surface area contributed by atoms with E-state index >= 15 is 0 Å². The second kappa shape index (κ2) is 5.98. The Balaban J connectivity index is 2.17. The summed E-state index contributed by atoms with van der Waals surface area (Å²) in [6.45, 7) is 2.52. The van der Waals surface area contributed by atoms with Gasteiger partial charge in [-0.3, -0.25) is 0 Å². The van der Waals surface area contributed by atoms with Crippen molar-refractivity contribution >= 4 is 26.0 Å². The maximum Gasteiger partial charge on any atom is 0.241 e. The van der Waals surface area contributed by atoms with Crippen LogP contribution in [-0.4, -0.2) is 23.2 Å². The summed E-state index contributed by atoms with van der Waals surface area (Å²) in [6, 6.07) is 3.62. The van der Waals surface area contributed by atoms with Gasteiger partial charge in [-0.1, -0.05) is 0 Å². The third-order valence-corrected chi connectivity index (χ3v) is 4.70. The smallest absolute Gasteiger partial charge is 0.241 e. The molecule has 9 heteroatoms. The summed E-state index contributed by atoms with van der Waals surface area (Å²) in [5.74, 6) is -0.141. The van der Waals surface area contributed by atoms with Gasteiger partial charge in [0.25, 0.3) is 0 Å². The van der Waals surface area contributed by atoms with Crippen LogP contribution in [0.1, 0.15) is 12.7 Å². The standard InChI is InChI=1S/C11H12BrFN4O2S/c1-2-17-7-14-16-11(17)6-15-20(18,19)8-3-4-9(12)10(13)5-8/h3-5,7,15H,2,6H2,1H3. The zero-order valence-electron chi connectivity index (χ0n) is 10.5. The fraction of sp³-hybridized carbons (Fsp3) is 0.273. The van der Waals surface area contributed by atoms with Crippen molar-refractivity contribution < 1.29 is 12.8 Å². The van der Waals surface area contributed by atoms with Crippen LogP contribution in [0.3, 0.4) is 0 Å². The Kier molecular flexibility index (Phi) is 4.51. The fourth-order valence-electron chi connectivity index (χ4n) is 1.57. The lowest BCUT2D eigenvalue weighted by molar-refractivity contribution is 0.571. The Morgan fingerprint density at radius 2 is 2.20 bits per heavy atom. The predicted molar refractivity (Wildman–Crippen MR) is 73.8 cm³/mol. The van der Waals surface area contributed by atoms with Crippen molar-refractivity contribution in [2.75, 3.05) is 0 Å². The van der Waals surface area contributed by atoms with Crippen LogP contribution in [0.15, 0.2) is 33.9 Å². The van der Waals surface area contributed by atoms with Crippen molar-refractivity contribution in [2.45, 2.75) is 24.9 Å². The molecule has 1 heterocycles. The molecular weight excluding hydrogens is 351 g/mol. The highest BCUT2D eigenvalue weighted by atomic mass is 79.9. The van der Waals surface area contributed by atoms with E-state index in [1.165, 1.54) is 18.5 Å². The van der Waals surface area contributed by atoms with E-state index in [1.807, 2.05) is 6.92 Å². The van der Waals surface area contributed by atoms with E-state index in [1.54, 1.807) is 4.57 Å². The van der Waals surface area contributed by atoms with E-state index in [2.05, 4.69) is 30.8 Å². The van der Waals surface area contributed by atoms with Crippen molar-refractivity contribution in [1.29, 1.82) is 0 Å². The maximum atomic E-state index is 13.4. The van der Waals surface area contributed by atoms with Crippen LogP contribution < -0.4 is 4.72 Å². The first-order valence-corrected chi connectivity index (χ1v) is 8.03. The first kappa shape index (κ1) is 15.1. The van der Waals surface area contributed by atoms with Crippen LogP contribution >= 0.6 is 15.9 Å². The number of hydrogen-bond donors (Lipinski definition) is 1. The summed E-state index contributed by atoms with van der Waals surface area (Å²) < 4.78 is 41.7. The third kappa shape index (κ3) is 3.22. The van der Waals surface area contributed by atoms with E-state index in [9.17, 15) is 12.8 Å². The topological polar surface area (TPSA) is 76.9 Å². The summed E-state index contributed by atoms with van der Waals surface area (Å²) in [5, 5.41) is 7.52. The summed E-state index contributed by atoms with van der Waals surface area (Å²) in [6.07, 6.45) is 1.52. The van der Waals surface area contributed by atoms with Gasteiger partial charge < -0.3 is 4.57 Å². The SMILES string of the molecule is CCn1cnnc1CNS(=O)(=O)c1ccc(Br)c(F)c1. The zero-order chi connectivity index (χ0) is 14.8. The lowest BCUT2D eigenvalue weighted by Gasteiger charge is -2.07. The van der Waals surface area contributed by atoms with Gasteiger partial charge in [-0.2, -0.15) is 0 Å². The Labute approximate surface area is 124 Å². The van der Waals surface area contributed by atoms with E-state index in [-0.39, 0.29) is 15.9 Å². The third-order valence-electron chi connectivity index (χ3n) is 2.66. The Morgan fingerprint density at radius 3 is 2.85 bits per heavy atom. The van der Waals surface area contributed by atoms with Gasteiger partial charge in [-0.05, 0) is 41.1 Å². The minimum atomic E-state index is -3.79. The molecule has 1 aromatic heterocycles. The van der Waals surface area contributed by atoms with Gasteiger partial charge in [-0.15, -0.1) is 10.2 Å². The van der Waals surface area contributed by atoms with Gasteiger partial charge in [0.05, 0.1) is 15.9 Å². The number of aryl methyl sites for hydroxylation is 1. The molecule has 6 nitrogen and oxygen atoms in total. The lowest BCUT2D eigenvalue weighted by atomic mass is 10.3. The van der Waals surface area contributed by atoms with Gasteiger partial charge in [0.15, 0.2) is 0 Å². The van der Waals surface area contributed by atoms with Gasteiger partial charge in [-0.25, -0.2) is 17.5 Å². The number of nitrogens with one attached hydrogen (secondary N) is 1. The predicted octanol–water partition coefficient (Wildman–Crippen LogP) is 1.68. The van der Waals surface area contributed by atoms with Gasteiger partial charge in [0.2, 0.25) is 10.0 Å². The zero-order valence-corrected chi connectivity index (χ0v) is 12.9. The summed E-state index contributed by atoms with van der Waals surface area (Å²) >= 11 is 2.97. The molecule has 0 aliphatic rings. The molecule has 2 rings (SSSR count). The summed E-state index contributed by atoms with van der Waals surface area (Å²) in [4.78, 5) is -0.138. The molecular formula is C11H12BrFN4O2S. The second-order valence-corrected chi connectivity index (χ2v) is 6.55. The van der Waals surface area contributed by atoms with E-state index in [0.717, 1.165) is 6.07 Å². The molecule has 108 valence electrons. The van der Waals surface area contributed by atoms with Crippen LogP contribution in [0.4, 0.5) is 4.39 Å². The highest BCUT2D eigenvalue weighted by Gasteiger charge is 2.16. The molecule has 0 fully saturated rings. The second-order valence-electron chi connectivity index (χ2n) is 3.93. The van der Waals surface area contributed by atoms with E-state index in [0.29, 0.717) is 12.4 Å². The van der Waals surface area contributed by atoms with Crippen LogP contribution in [0.5, 0.6) is 0 Å². The number of halogens is 2. The number of benzene rings is 1. The Morgan fingerprint density at radius 1 is 1.45 bits per heavy atom. The molecule has 0 aliphatic carbocycles. The van der Waals surface area contributed by atoms with Crippen LogP contribution in [0.2, 0.25) is 0 Å². The molecule has 0 amide bonds. The monoisotopic (exact) mass is 362 g/mol. The molecule has 1 aromatic carbocycles. The molecule has 0 aliphatic heterocycles. The van der Waals surface area contributed by atoms with Crippen LogP contribution in [-0.2, 0) is 23.1 Å². The van der Waals surface area contributed by atoms with Gasteiger partial charge in [0, 0.05) is 6.54 Å². The number of rotatable bonds is 5. The molecule has 0 saturated heterocycles. The average Bonchev–Trinajstić information content (AvgIpc) is 2.87. The molecule has 2 aromatic rings. The molecule has 20 heavy (non-hydrogen) atoms. The number of hydrogen-bond acceptors (Lipinski definition) is 4. The summed E-state index contributed by atoms with van der Waals surface area (Å²) in [7, 11) is -3.79. The quantitative estimate of drug-likeness (QED) is 0.877. The highest BCUT2D eigenvalue weighted by Crippen LogP contribution is 2.19. The molecule has 0 spiro atoms. The Bertz CT molecular complexity index is 717. The molecule has 1 N–H and O–H groups in total. The first-order valence-electron chi connectivity index (χ1n) is 5.75. The van der Waals surface area contributed by atoms with Crippen molar-refractivity contribution in [3.8, 4) is 0 Å². The molecule has 0 bridgehead atoms. The number of sulfonamides is 1. The average molecular weight is 363 g/mol. The fourth-order valence-corrected chi connectivity index (χ4v) is 2.81. The van der Waals surface area contributed by atoms with Crippen molar-refractivity contribution in [3.05, 3.63) is 40.6 Å². The number of aromatic nitrogens is 3. The molecule has 0 unspecified atom stereocenters. The Hall–Kier alpha value is -1.32. The molecule has 0 saturated carbocycles. The van der Waals surface area contributed by atoms with Crippen LogP contribution in [0.25, 0.3) is 0 Å². The first-order chi connectivity index (χ1) is 9.44. The highest BCUT2D eigenvalue weighted by molar-refractivity contribution is 9.10. The molecule has 0 atom stereocenters. The van der Waals surface area contributed by atoms with Crippen LogP contribution in [0, 0.1) is 5.82 Å². The largest absolute Gasteiger partial charge is 0.317 e. The number of nitrogens with zero attached hydrogens (tertiary/aromatic N) is 3. The van der Waals surface area contributed by atoms with Crippen molar-refractivity contribution in [3.63, 3.8) is 0 Å². The van der Waals surface area contributed by atoms with Crippen molar-refractivity contribution in [2.24, 2.45) is 0 Å². The normalized spacial score (nSPS) is 11.8. The van der Waals surface area contributed by atoms with Gasteiger partial charge in [0.1, 0.15) is 18.0 Å². The minimum absolute atomic E-state index is 0.00609. The van der Waals surface area contributed by atoms with E-state index < -0.39 is 15.8 Å². The van der Waals surface area contributed by atoms with E-state index in [4.69, 9.17) is 0 Å². The summed E-state index contributed by atoms with van der Waals surface area (Å²) in [5.41, 5.74) is 0. The lowest BCUT2D eigenvalue weighted by Crippen LogP contribution is -2.25. The molecule has 0 radical (unpaired) electrons. The van der Waals surface area contributed by atoms with Crippen molar-refractivity contribution in [1.82, 2.24) is 19.5 Å².